The van der Waals surface area contributed by atoms with Crippen LogP contribution in [0.3, 0.4) is 0 Å². The third-order valence-electron chi connectivity index (χ3n) is 5.43. The van der Waals surface area contributed by atoms with Crippen LogP contribution >= 0.6 is 11.3 Å². The van der Waals surface area contributed by atoms with Crippen LogP contribution in [0.25, 0.3) is 0 Å². The Labute approximate surface area is 178 Å². The van der Waals surface area contributed by atoms with Gasteiger partial charge < -0.3 is 4.90 Å². The zero-order chi connectivity index (χ0) is 21.6. The second-order valence-corrected chi connectivity index (χ2v) is 10.7. The van der Waals surface area contributed by atoms with E-state index < -0.39 is 27.9 Å². The van der Waals surface area contributed by atoms with Crippen molar-refractivity contribution in [2.24, 2.45) is 0 Å². The van der Waals surface area contributed by atoms with Crippen LogP contribution in [0.1, 0.15) is 32.5 Å². The second kappa shape index (κ2) is 7.60. The molecule has 4 rings (SSSR count). The first kappa shape index (κ1) is 20.7. The number of imide groups is 1. The van der Waals surface area contributed by atoms with E-state index in [0.717, 1.165) is 9.78 Å². The van der Waals surface area contributed by atoms with E-state index >= 15 is 0 Å². The summed E-state index contributed by atoms with van der Waals surface area (Å²) >= 11 is 1.22. The van der Waals surface area contributed by atoms with Gasteiger partial charge in [-0.05, 0) is 38.1 Å². The van der Waals surface area contributed by atoms with Gasteiger partial charge in [0.25, 0.3) is 21.8 Å². The van der Waals surface area contributed by atoms with E-state index in [4.69, 9.17) is 0 Å². The molecule has 2 aliphatic heterocycles. The molecule has 8 nitrogen and oxygen atoms in total. The SMILES string of the molecule is Cc1ccc(S(=O)(=O)N2CCN(C(=O)C(C)N3C(=O)c4ccccc4C3=O)CC2)s1. The summed E-state index contributed by atoms with van der Waals surface area (Å²) in [6.07, 6.45) is 0. The monoisotopic (exact) mass is 447 g/mol. The first-order chi connectivity index (χ1) is 14.2. The molecule has 2 aliphatic rings. The summed E-state index contributed by atoms with van der Waals surface area (Å²) in [7, 11) is -3.58. The van der Waals surface area contributed by atoms with E-state index in [1.807, 2.05) is 6.92 Å². The molecule has 0 aliphatic carbocycles. The van der Waals surface area contributed by atoms with Crippen molar-refractivity contribution in [2.75, 3.05) is 26.2 Å². The first-order valence-electron chi connectivity index (χ1n) is 9.54. The van der Waals surface area contributed by atoms with Gasteiger partial charge in [-0.25, -0.2) is 8.42 Å². The minimum atomic E-state index is -3.58. The first-order valence-corrected chi connectivity index (χ1v) is 11.8. The molecule has 30 heavy (non-hydrogen) atoms. The average Bonchev–Trinajstić information content (AvgIpc) is 3.29. The zero-order valence-corrected chi connectivity index (χ0v) is 18.2. The van der Waals surface area contributed by atoms with Gasteiger partial charge in [0.2, 0.25) is 5.91 Å². The van der Waals surface area contributed by atoms with Crippen LogP contribution in [0, 0.1) is 6.92 Å². The van der Waals surface area contributed by atoms with Crippen LogP contribution in [-0.4, -0.2) is 72.5 Å². The van der Waals surface area contributed by atoms with Gasteiger partial charge in [0.05, 0.1) is 11.1 Å². The molecule has 0 radical (unpaired) electrons. The highest BCUT2D eigenvalue weighted by Gasteiger charge is 2.42. The number of rotatable bonds is 4. The maximum Gasteiger partial charge on any atom is 0.262 e. The van der Waals surface area contributed by atoms with Crippen molar-refractivity contribution >= 4 is 39.1 Å². The summed E-state index contributed by atoms with van der Waals surface area (Å²) in [5.41, 5.74) is 0.591. The molecule has 2 aromatic rings. The number of thiophene rings is 1. The van der Waals surface area contributed by atoms with Crippen LogP contribution < -0.4 is 0 Å². The minimum absolute atomic E-state index is 0.167. The summed E-state index contributed by atoms with van der Waals surface area (Å²) in [6.45, 7) is 4.12. The molecule has 158 valence electrons. The molecule has 3 heterocycles. The Hall–Kier alpha value is -2.56. The van der Waals surface area contributed by atoms with Crippen molar-refractivity contribution in [1.29, 1.82) is 0 Å². The predicted octanol–water partition coefficient (Wildman–Crippen LogP) is 1.57. The minimum Gasteiger partial charge on any atom is -0.338 e. The molecule has 1 aromatic carbocycles. The molecule has 1 atom stereocenters. The molecule has 1 aromatic heterocycles. The molecule has 0 spiro atoms. The number of hydrogen-bond donors (Lipinski definition) is 0. The number of hydrogen-bond acceptors (Lipinski definition) is 6. The van der Waals surface area contributed by atoms with Crippen LogP contribution in [0.15, 0.2) is 40.6 Å². The summed E-state index contributed by atoms with van der Waals surface area (Å²) in [5.74, 6) is -1.33. The molecule has 0 bridgehead atoms. The Morgan fingerprint density at radius 1 is 0.967 bits per heavy atom. The molecular formula is C20H21N3O5S2. The second-order valence-electron chi connectivity index (χ2n) is 7.30. The van der Waals surface area contributed by atoms with Gasteiger partial charge in [-0.1, -0.05) is 12.1 Å². The number of aryl methyl sites for hydroxylation is 1. The van der Waals surface area contributed by atoms with E-state index in [1.54, 1.807) is 36.4 Å². The lowest BCUT2D eigenvalue weighted by Gasteiger charge is -2.36. The molecule has 3 amide bonds. The lowest BCUT2D eigenvalue weighted by atomic mass is 10.1. The lowest BCUT2D eigenvalue weighted by Crippen LogP contribution is -2.55. The molecule has 1 fully saturated rings. The van der Waals surface area contributed by atoms with E-state index in [-0.39, 0.29) is 32.1 Å². The highest BCUT2D eigenvalue weighted by molar-refractivity contribution is 7.91. The Morgan fingerprint density at radius 2 is 1.53 bits per heavy atom. The lowest BCUT2D eigenvalue weighted by molar-refractivity contribution is -0.136. The average molecular weight is 448 g/mol. The van der Waals surface area contributed by atoms with Crippen LogP contribution in [0.2, 0.25) is 0 Å². The van der Waals surface area contributed by atoms with E-state index in [9.17, 15) is 22.8 Å². The van der Waals surface area contributed by atoms with E-state index in [2.05, 4.69) is 0 Å². The Balaban J connectivity index is 1.44. The van der Waals surface area contributed by atoms with Crippen molar-refractivity contribution in [3.63, 3.8) is 0 Å². The molecule has 0 N–H and O–H groups in total. The quantitative estimate of drug-likeness (QED) is 0.663. The summed E-state index contributed by atoms with van der Waals surface area (Å²) < 4.78 is 27.2. The van der Waals surface area contributed by atoms with Crippen LogP contribution in [0.4, 0.5) is 0 Å². The number of amides is 3. The van der Waals surface area contributed by atoms with Gasteiger partial charge in [-0.15, -0.1) is 11.3 Å². The number of fused-ring (bicyclic) bond motifs is 1. The van der Waals surface area contributed by atoms with Gasteiger partial charge >= 0.3 is 0 Å². The molecule has 1 saturated heterocycles. The standard InChI is InChI=1S/C20H21N3O5S2/c1-13-7-8-17(29-13)30(27,28)22-11-9-21(10-12-22)18(24)14(2)23-19(25)15-5-3-4-6-16(15)20(23)26/h3-8,14H,9-12H2,1-2H3. The normalized spacial score (nSPS) is 18.6. The summed E-state index contributed by atoms with van der Waals surface area (Å²) in [6, 6.07) is 8.90. The smallest absolute Gasteiger partial charge is 0.262 e. The van der Waals surface area contributed by atoms with Crippen LogP contribution in [0.5, 0.6) is 0 Å². The number of piperazine rings is 1. The fraction of sp³-hybridized carbons (Fsp3) is 0.350. The van der Waals surface area contributed by atoms with Gasteiger partial charge in [-0.2, -0.15) is 4.31 Å². The summed E-state index contributed by atoms with van der Waals surface area (Å²) in [5, 5.41) is 0. The number of nitrogens with zero attached hydrogens (tertiary/aromatic N) is 3. The fourth-order valence-corrected chi connectivity index (χ4v) is 6.62. The third-order valence-corrected chi connectivity index (χ3v) is 8.80. The Kier molecular flexibility index (Phi) is 5.25. The maximum absolute atomic E-state index is 13.0. The van der Waals surface area contributed by atoms with Gasteiger partial charge in [0.1, 0.15) is 10.3 Å². The van der Waals surface area contributed by atoms with E-state index in [1.165, 1.54) is 27.5 Å². The zero-order valence-electron chi connectivity index (χ0n) is 16.6. The van der Waals surface area contributed by atoms with Gasteiger partial charge in [0.15, 0.2) is 0 Å². The van der Waals surface area contributed by atoms with Crippen molar-refractivity contribution < 1.29 is 22.8 Å². The molecule has 10 heteroatoms. The van der Waals surface area contributed by atoms with Gasteiger partial charge in [0, 0.05) is 31.1 Å². The van der Waals surface area contributed by atoms with E-state index in [0.29, 0.717) is 15.3 Å². The highest BCUT2D eigenvalue weighted by Crippen LogP contribution is 2.27. The topological polar surface area (TPSA) is 95.1 Å². The number of benzene rings is 1. The number of carbonyl (C=O) groups excluding carboxylic acids is 3. The highest BCUT2D eigenvalue weighted by atomic mass is 32.2. The fourth-order valence-electron chi connectivity index (χ4n) is 3.76. The molecule has 1 unspecified atom stereocenters. The largest absolute Gasteiger partial charge is 0.338 e. The molecular weight excluding hydrogens is 426 g/mol. The Morgan fingerprint density at radius 3 is 2.03 bits per heavy atom. The number of sulfonamides is 1. The number of carbonyl (C=O) groups is 3. The third kappa shape index (κ3) is 3.34. The van der Waals surface area contributed by atoms with Gasteiger partial charge in [-0.3, -0.25) is 19.3 Å². The van der Waals surface area contributed by atoms with Crippen LogP contribution in [-0.2, 0) is 14.8 Å². The Bertz CT molecular complexity index is 1100. The van der Waals surface area contributed by atoms with Crippen molar-refractivity contribution in [2.45, 2.75) is 24.1 Å². The van der Waals surface area contributed by atoms with Crippen molar-refractivity contribution in [1.82, 2.24) is 14.1 Å². The van der Waals surface area contributed by atoms with Crippen molar-refractivity contribution in [3.8, 4) is 0 Å². The maximum atomic E-state index is 13.0. The predicted molar refractivity (Wildman–Crippen MR) is 111 cm³/mol. The van der Waals surface area contributed by atoms with Crippen molar-refractivity contribution in [3.05, 3.63) is 52.4 Å². The molecule has 0 saturated carbocycles. The summed E-state index contributed by atoms with van der Waals surface area (Å²) in [4.78, 5) is 41.6.